The molecule has 0 bridgehead atoms. The quantitative estimate of drug-likeness (QED) is 0.226. The Bertz CT molecular complexity index is 1940. The molecule has 2 aliphatic rings. The number of methoxy groups -OCH3 is 3. The Labute approximate surface area is 261 Å². The van der Waals surface area contributed by atoms with Gasteiger partial charge in [0.05, 0.1) is 49.7 Å². The Morgan fingerprint density at radius 3 is 2.59 bits per heavy atom. The molecule has 0 aliphatic heterocycles. The number of halogens is 3. The molecule has 1 unspecified atom stereocenters. The van der Waals surface area contributed by atoms with E-state index in [1.807, 2.05) is 12.1 Å². The monoisotopic (exact) mass is 638 g/mol. The first-order chi connectivity index (χ1) is 22.1. The number of hydrogen-bond acceptors (Lipinski definition) is 10. The summed E-state index contributed by atoms with van der Waals surface area (Å²) in [6.07, 6.45) is 1.32. The Hall–Kier alpha value is -4.66. The number of fused-ring (bicyclic) bond motifs is 4. The van der Waals surface area contributed by atoms with Gasteiger partial charge in [-0.05, 0) is 37.5 Å². The third kappa shape index (κ3) is 5.42. The van der Waals surface area contributed by atoms with Gasteiger partial charge in [0.25, 0.3) is 5.92 Å². The summed E-state index contributed by atoms with van der Waals surface area (Å²) < 4.78 is 61.0. The smallest absolute Gasteiger partial charge is 0.252 e. The maximum absolute atomic E-state index is 14.6. The molecule has 12 nitrogen and oxygen atoms in total. The number of aryl methyl sites for hydroxylation is 1. The number of aromatic nitrogens is 7. The van der Waals surface area contributed by atoms with Gasteiger partial charge in [-0.3, -0.25) is 0 Å². The number of benzene rings is 2. The number of nitrogens with one attached hydrogen (secondary N) is 1. The van der Waals surface area contributed by atoms with Crippen molar-refractivity contribution in [2.24, 2.45) is 0 Å². The second-order valence-electron chi connectivity index (χ2n) is 12.0. The van der Waals surface area contributed by atoms with Gasteiger partial charge in [-0.2, -0.15) is 4.52 Å². The van der Waals surface area contributed by atoms with Crippen molar-refractivity contribution in [3.05, 3.63) is 58.9 Å². The average molecular weight is 639 g/mol. The predicted octanol–water partition coefficient (Wildman–Crippen LogP) is 4.47. The van der Waals surface area contributed by atoms with Crippen LogP contribution in [0.3, 0.4) is 0 Å². The van der Waals surface area contributed by atoms with Crippen molar-refractivity contribution in [3.8, 4) is 17.2 Å². The summed E-state index contributed by atoms with van der Waals surface area (Å²) >= 11 is 0. The molecular formula is C31H33F3N8O4. The second kappa shape index (κ2) is 11.3. The molecule has 1 atom stereocenters. The van der Waals surface area contributed by atoms with E-state index in [-0.39, 0.29) is 31.1 Å². The lowest BCUT2D eigenvalue weighted by atomic mass is 9.81. The second-order valence-corrected chi connectivity index (χ2v) is 12.0. The summed E-state index contributed by atoms with van der Waals surface area (Å²) in [6.45, 7) is 0.320. The van der Waals surface area contributed by atoms with E-state index in [4.69, 9.17) is 29.3 Å². The first-order valence-electron chi connectivity index (χ1n) is 15.0. The van der Waals surface area contributed by atoms with E-state index in [1.54, 1.807) is 25.0 Å². The minimum atomic E-state index is -2.66. The molecule has 3 aromatic heterocycles. The molecule has 0 spiro atoms. The van der Waals surface area contributed by atoms with Crippen LogP contribution in [0.5, 0.6) is 17.2 Å². The topological polar surface area (TPSA) is 134 Å². The highest BCUT2D eigenvalue weighted by Gasteiger charge is 2.48. The zero-order valence-electron chi connectivity index (χ0n) is 25.6. The SMILES string of the molecule is COc1ccc(CNc2nc3c(OC)cc(F)cc3c3nc(CCC4(O)CCc5c(nnn5C5CC(F)(F)C5)C4)nn23)c(OC)c1. The van der Waals surface area contributed by atoms with Gasteiger partial charge in [0, 0.05) is 49.9 Å². The fourth-order valence-corrected chi connectivity index (χ4v) is 6.39. The number of ether oxygens (including phenoxy) is 3. The molecular weight excluding hydrogens is 605 g/mol. The van der Waals surface area contributed by atoms with Crippen molar-refractivity contribution in [1.29, 1.82) is 0 Å². The van der Waals surface area contributed by atoms with Gasteiger partial charge >= 0.3 is 0 Å². The van der Waals surface area contributed by atoms with E-state index in [2.05, 4.69) is 15.6 Å². The van der Waals surface area contributed by atoms with Gasteiger partial charge in [-0.15, -0.1) is 10.2 Å². The first kappa shape index (κ1) is 30.0. The maximum Gasteiger partial charge on any atom is 0.252 e. The van der Waals surface area contributed by atoms with Gasteiger partial charge in [0.2, 0.25) is 5.95 Å². The molecule has 2 N–H and O–H groups in total. The summed E-state index contributed by atoms with van der Waals surface area (Å²) in [5.74, 6) is -0.855. The van der Waals surface area contributed by atoms with Crippen LogP contribution in [0.2, 0.25) is 0 Å². The zero-order chi connectivity index (χ0) is 32.2. The number of aliphatic hydroxyl groups is 1. The van der Waals surface area contributed by atoms with E-state index in [1.165, 1.54) is 23.8 Å². The van der Waals surface area contributed by atoms with Crippen LogP contribution < -0.4 is 19.5 Å². The molecule has 7 rings (SSSR count). The van der Waals surface area contributed by atoms with Gasteiger partial charge < -0.3 is 24.6 Å². The number of rotatable bonds is 10. The molecule has 0 amide bonds. The van der Waals surface area contributed by atoms with Crippen molar-refractivity contribution < 1.29 is 32.5 Å². The summed E-state index contributed by atoms with van der Waals surface area (Å²) in [7, 11) is 4.60. The molecule has 2 aliphatic carbocycles. The van der Waals surface area contributed by atoms with Crippen molar-refractivity contribution in [3.63, 3.8) is 0 Å². The molecule has 5 aromatic rings. The molecule has 1 saturated carbocycles. The van der Waals surface area contributed by atoms with E-state index >= 15 is 0 Å². The van der Waals surface area contributed by atoms with Gasteiger partial charge in [-0.25, -0.2) is 27.8 Å². The Morgan fingerprint density at radius 1 is 1.04 bits per heavy atom. The van der Waals surface area contributed by atoms with Crippen molar-refractivity contribution in [2.75, 3.05) is 26.6 Å². The third-order valence-electron chi connectivity index (χ3n) is 8.92. The van der Waals surface area contributed by atoms with E-state index in [0.29, 0.717) is 77.7 Å². The lowest BCUT2D eigenvalue weighted by Gasteiger charge is -2.37. The third-order valence-corrected chi connectivity index (χ3v) is 8.92. The highest BCUT2D eigenvalue weighted by Crippen LogP contribution is 2.46. The molecule has 46 heavy (non-hydrogen) atoms. The molecule has 0 radical (unpaired) electrons. The number of anilines is 1. The summed E-state index contributed by atoms with van der Waals surface area (Å²) in [4.78, 5) is 9.48. The Balaban J connectivity index is 1.16. The van der Waals surface area contributed by atoms with Crippen LogP contribution in [0, 0.1) is 5.82 Å². The molecule has 15 heteroatoms. The van der Waals surface area contributed by atoms with Crippen LogP contribution in [0.15, 0.2) is 30.3 Å². The van der Waals surface area contributed by atoms with Crippen LogP contribution in [0.4, 0.5) is 19.1 Å². The minimum Gasteiger partial charge on any atom is -0.497 e. The number of hydrogen-bond donors (Lipinski definition) is 2. The van der Waals surface area contributed by atoms with Crippen LogP contribution in [0.1, 0.15) is 54.5 Å². The van der Waals surface area contributed by atoms with E-state index < -0.39 is 17.3 Å². The van der Waals surface area contributed by atoms with Crippen LogP contribution >= 0.6 is 0 Å². The predicted molar refractivity (Wildman–Crippen MR) is 160 cm³/mol. The Kier molecular flexibility index (Phi) is 7.37. The van der Waals surface area contributed by atoms with Crippen LogP contribution in [0.25, 0.3) is 16.6 Å². The van der Waals surface area contributed by atoms with Crippen molar-refractivity contribution in [2.45, 2.75) is 69.1 Å². The van der Waals surface area contributed by atoms with Gasteiger partial charge in [-0.1, -0.05) is 5.21 Å². The zero-order valence-corrected chi connectivity index (χ0v) is 25.6. The van der Waals surface area contributed by atoms with E-state index in [0.717, 1.165) is 11.3 Å². The van der Waals surface area contributed by atoms with Gasteiger partial charge in [0.1, 0.15) is 28.6 Å². The summed E-state index contributed by atoms with van der Waals surface area (Å²) in [5.41, 5.74) is 1.97. The molecule has 2 aromatic carbocycles. The summed E-state index contributed by atoms with van der Waals surface area (Å²) in [5, 5.41) is 28.3. The van der Waals surface area contributed by atoms with Crippen molar-refractivity contribution in [1.82, 2.24) is 34.6 Å². The largest absolute Gasteiger partial charge is 0.497 e. The fourth-order valence-electron chi connectivity index (χ4n) is 6.39. The fraction of sp³-hybridized carbons (Fsp3) is 0.452. The lowest BCUT2D eigenvalue weighted by Crippen LogP contribution is -2.40. The summed E-state index contributed by atoms with van der Waals surface area (Å²) in [6, 6.07) is 7.73. The average Bonchev–Trinajstić information content (AvgIpc) is 3.65. The minimum absolute atomic E-state index is 0.240. The lowest BCUT2D eigenvalue weighted by molar-refractivity contribution is -0.108. The van der Waals surface area contributed by atoms with E-state index in [9.17, 15) is 18.3 Å². The highest BCUT2D eigenvalue weighted by atomic mass is 19.3. The Morgan fingerprint density at radius 2 is 1.85 bits per heavy atom. The molecule has 242 valence electrons. The number of nitrogens with zero attached hydrogens (tertiary/aromatic N) is 7. The maximum atomic E-state index is 14.6. The van der Waals surface area contributed by atoms with Crippen molar-refractivity contribution >= 4 is 22.5 Å². The first-order valence-corrected chi connectivity index (χ1v) is 15.0. The highest BCUT2D eigenvalue weighted by molar-refractivity contribution is 5.96. The van der Waals surface area contributed by atoms with Crippen LogP contribution in [-0.2, 0) is 25.8 Å². The normalized spacial score (nSPS) is 19.2. The number of alkyl halides is 2. The van der Waals surface area contributed by atoms with Crippen LogP contribution in [-0.4, -0.2) is 72.5 Å². The standard InChI is InChI=1S/C31H33F3N8O4/c1-44-20-5-4-17(24(12-20)45-2)16-35-29-37-27-21(10-18(32)11-25(27)46-3)28-36-26(39-42(28)29)7-9-30(43)8-6-23-22(15-30)38-40-41(23)19-13-31(33,34)14-19/h4-5,10-12,19,43H,6-9,13-16H2,1-3H3,(H,35,37). The van der Waals surface area contributed by atoms with Gasteiger partial charge in [0.15, 0.2) is 11.5 Å². The molecule has 3 heterocycles. The molecule has 0 saturated heterocycles. The molecule has 1 fully saturated rings.